The molecule has 0 radical (unpaired) electrons. The van der Waals surface area contributed by atoms with Crippen LogP contribution in [-0.2, 0) is 0 Å². The molecule has 0 unspecified atom stereocenters. The van der Waals surface area contributed by atoms with Crippen molar-refractivity contribution < 1.29 is 33.6 Å². The van der Waals surface area contributed by atoms with E-state index in [-0.39, 0.29) is 57.8 Å². The molecule has 1 aliphatic carbocycles. The van der Waals surface area contributed by atoms with Crippen LogP contribution in [0.25, 0.3) is 0 Å². The first-order valence-corrected chi connectivity index (χ1v) is 7.50. The number of carbonyl (C=O) groups excluding carboxylic acids is 2. The van der Waals surface area contributed by atoms with Crippen molar-refractivity contribution in [3.05, 3.63) is 39.9 Å². The van der Waals surface area contributed by atoms with Crippen molar-refractivity contribution in [2.75, 3.05) is 21.0 Å². The smallest absolute Gasteiger partial charge is 0.231 e. The van der Waals surface area contributed by atoms with Gasteiger partial charge < -0.3 is 24.1 Å². The van der Waals surface area contributed by atoms with Crippen molar-refractivity contribution in [1.29, 1.82) is 0 Å². The van der Waals surface area contributed by atoms with Crippen LogP contribution in [0, 0.1) is 6.92 Å². The van der Waals surface area contributed by atoms with Gasteiger partial charge in [0.2, 0.25) is 18.3 Å². The first-order chi connectivity index (χ1) is 12.0. The normalized spacial score (nSPS) is 14.2. The number of ether oxygens (including phenoxy) is 4. The molecule has 128 valence electrons. The van der Waals surface area contributed by atoms with Crippen LogP contribution in [0.15, 0.2) is 12.1 Å². The molecule has 0 atom stereocenters. The Morgan fingerprint density at radius 2 is 1.60 bits per heavy atom. The molecule has 0 aromatic heterocycles. The van der Waals surface area contributed by atoms with E-state index in [1.54, 1.807) is 6.92 Å². The van der Waals surface area contributed by atoms with Crippen LogP contribution >= 0.6 is 0 Å². The lowest BCUT2D eigenvalue weighted by atomic mass is 9.81. The zero-order chi connectivity index (χ0) is 17.9. The lowest BCUT2D eigenvalue weighted by Gasteiger charge is -2.23. The fourth-order valence-corrected chi connectivity index (χ4v) is 3.24. The number of aryl methyl sites for hydroxylation is 1. The highest BCUT2D eigenvalue weighted by Crippen LogP contribution is 2.50. The third kappa shape index (κ3) is 1.86. The van der Waals surface area contributed by atoms with Crippen molar-refractivity contribution in [2.45, 2.75) is 6.92 Å². The molecular weight excluding hydrogens is 328 g/mol. The Balaban J connectivity index is 2.09. The molecule has 7 nitrogen and oxygen atoms in total. The molecule has 2 aromatic rings. The Bertz CT molecular complexity index is 959. The van der Waals surface area contributed by atoms with Gasteiger partial charge in [-0.05, 0) is 24.6 Å². The van der Waals surface area contributed by atoms with E-state index >= 15 is 0 Å². The summed E-state index contributed by atoms with van der Waals surface area (Å²) in [6.45, 7) is 1.55. The van der Waals surface area contributed by atoms with E-state index in [0.717, 1.165) is 0 Å². The summed E-state index contributed by atoms with van der Waals surface area (Å²) in [7, 11) is 2.83. The predicted octanol–water partition coefficient (Wildman–Crippen LogP) is 2.22. The fourth-order valence-electron chi connectivity index (χ4n) is 3.24. The van der Waals surface area contributed by atoms with Crippen molar-refractivity contribution in [2.24, 2.45) is 0 Å². The number of methoxy groups -OCH3 is 2. The number of hydrogen-bond acceptors (Lipinski definition) is 7. The topological polar surface area (TPSA) is 91.3 Å². The third-order valence-electron chi connectivity index (χ3n) is 4.43. The first kappa shape index (κ1) is 15.3. The molecule has 7 heteroatoms. The van der Waals surface area contributed by atoms with Crippen LogP contribution in [0.3, 0.4) is 0 Å². The van der Waals surface area contributed by atoms with Gasteiger partial charge in [-0.1, -0.05) is 0 Å². The van der Waals surface area contributed by atoms with Gasteiger partial charge in [0.15, 0.2) is 17.3 Å². The van der Waals surface area contributed by atoms with E-state index in [4.69, 9.17) is 18.9 Å². The average Bonchev–Trinajstić information content (AvgIpc) is 3.09. The monoisotopic (exact) mass is 342 g/mol. The van der Waals surface area contributed by atoms with E-state index < -0.39 is 11.6 Å². The number of rotatable bonds is 2. The quantitative estimate of drug-likeness (QED) is 0.763. The van der Waals surface area contributed by atoms with Crippen molar-refractivity contribution in [1.82, 2.24) is 0 Å². The number of fused-ring (bicyclic) bond motifs is 4. The Morgan fingerprint density at radius 1 is 0.920 bits per heavy atom. The molecular formula is C18H14O7. The number of carbonyl (C=O) groups is 2. The molecule has 0 saturated heterocycles. The van der Waals surface area contributed by atoms with Crippen LogP contribution in [0.4, 0.5) is 0 Å². The van der Waals surface area contributed by atoms with Gasteiger partial charge in [-0.25, -0.2) is 0 Å². The van der Waals surface area contributed by atoms with Gasteiger partial charge in [-0.3, -0.25) is 9.59 Å². The molecule has 0 bridgehead atoms. The van der Waals surface area contributed by atoms with Crippen molar-refractivity contribution >= 4 is 11.6 Å². The molecule has 4 rings (SSSR count). The van der Waals surface area contributed by atoms with Crippen molar-refractivity contribution in [3.63, 3.8) is 0 Å². The second-order valence-corrected chi connectivity index (χ2v) is 5.72. The molecule has 0 amide bonds. The number of aromatic hydroxyl groups is 1. The maximum absolute atomic E-state index is 13.1. The molecule has 2 aliphatic rings. The summed E-state index contributed by atoms with van der Waals surface area (Å²) in [5.74, 6) is -0.257. The van der Waals surface area contributed by atoms with Gasteiger partial charge in [-0.15, -0.1) is 0 Å². The van der Waals surface area contributed by atoms with Crippen molar-refractivity contribution in [3.8, 4) is 28.7 Å². The SMILES string of the molecule is COc1cc2c(c3c1OCO3)C(=O)c1c(OC)cc(C)c(O)c1C2=O. The largest absolute Gasteiger partial charge is 0.507 e. The van der Waals surface area contributed by atoms with Gasteiger partial charge >= 0.3 is 0 Å². The van der Waals surface area contributed by atoms with Crippen LogP contribution < -0.4 is 18.9 Å². The average molecular weight is 342 g/mol. The van der Waals surface area contributed by atoms with E-state index in [1.807, 2.05) is 0 Å². The number of benzene rings is 2. The molecule has 1 heterocycles. The second-order valence-electron chi connectivity index (χ2n) is 5.72. The van der Waals surface area contributed by atoms with Gasteiger partial charge in [0.05, 0.1) is 30.9 Å². The maximum atomic E-state index is 13.1. The minimum absolute atomic E-state index is 0.0194. The van der Waals surface area contributed by atoms with Crippen LogP contribution in [0.2, 0.25) is 0 Å². The highest BCUT2D eigenvalue weighted by molar-refractivity contribution is 6.31. The Hall–Kier alpha value is -3.22. The number of phenolic OH excluding ortho intramolecular Hbond substituents is 1. The summed E-state index contributed by atoms with van der Waals surface area (Å²) in [6.07, 6.45) is 0. The lowest BCUT2D eigenvalue weighted by molar-refractivity contribution is 0.0970. The summed E-state index contributed by atoms with van der Waals surface area (Å²) >= 11 is 0. The molecule has 0 saturated carbocycles. The highest BCUT2D eigenvalue weighted by atomic mass is 16.7. The number of hydrogen-bond donors (Lipinski definition) is 1. The van der Waals surface area contributed by atoms with Gasteiger partial charge in [-0.2, -0.15) is 0 Å². The summed E-state index contributed by atoms with van der Waals surface area (Å²) in [6, 6.07) is 2.95. The highest BCUT2D eigenvalue weighted by Gasteiger charge is 2.41. The molecule has 2 aromatic carbocycles. The van der Waals surface area contributed by atoms with Crippen LogP contribution in [-0.4, -0.2) is 37.7 Å². The summed E-state index contributed by atoms with van der Waals surface area (Å²) in [5.41, 5.74) is 0.572. The zero-order valence-electron chi connectivity index (χ0n) is 13.8. The number of ketones is 2. The first-order valence-electron chi connectivity index (χ1n) is 7.50. The lowest BCUT2D eigenvalue weighted by Crippen LogP contribution is -2.23. The van der Waals surface area contributed by atoms with E-state index in [9.17, 15) is 14.7 Å². The molecule has 0 spiro atoms. The van der Waals surface area contributed by atoms with E-state index in [2.05, 4.69) is 0 Å². The van der Waals surface area contributed by atoms with Gasteiger partial charge in [0.1, 0.15) is 11.5 Å². The minimum atomic E-state index is -0.499. The Morgan fingerprint density at radius 3 is 2.28 bits per heavy atom. The Kier molecular flexibility index (Phi) is 3.15. The zero-order valence-corrected chi connectivity index (χ0v) is 13.8. The fraction of sp³-hybridized carbons (Fsp3) is 0.222. The number of phenols is 1. The summed E-state index contributed by atoms with van der Waals surface area (Å²) in [4.78, 5) is 26.2. The van der Waals surface area contributed by atoms with E-state index in [1.165, 1.54) is 26.4 Å². The van der Waals surface area contributed by atoms with E-state index in [0.29, 0.717) is 5.56 Å². The predicted molar refractivity (Wildman–Crippen MR) is 85.4 cm³/mol. The molecule has 1 N–H and O–H groups in total. The molecule has 0 fully saturated rings. The van der Waals surface area contributed by atoms with Gasteiger partial charge in [0.25, 0.3) is 0 Å². The van der Waals surface area contributed by atoms with Crippen LogP contribution in [0.5, 0.6) is 28.7 Å². The van der Waals surface area contributed by atoms with Crippen LogP contribution in [0.1, 0.15) is 37.4 Å². The molecule has 25 heavy (non-hydrogen) atoms. The second kappa shape index (κ2) is 5.14. The standard InChI is InChI=1S/C18H14O7/c1-7-4-9(22-2)12-13(14(7)19)15(20)8-5-10(23-3)17-18(25-6-24-17)11(8)16(12)21/h4-5,19H,6H2,1-3H3. The maximum Gasteiger partial charge on any atom is 0.231 e. The minimum Gasteiger partial charge on any atom is -0.507 e. The third-order valence-corrected chi connectivity index (χ3v) is 4.43. The van der Waals surface area contributed by atoms with Gasteiger partial charge in [0, 0.05) is 5.56 Å². The molecule has 1 aliphatic heterocycles. The summed E-state index contributed by atoms with van der Waals surface area (Å²) in [5, 5.41) is 10.4. The Labute approximate surface area is 142 Å². The summed E-state index contributed by atoms with van der Waals surface area (Å²) < 4.78 is 21.3.